The van der Waals surface area contributed by atoms with Crippen molar-refractivity contribution in [3.8, 4) is 0 Å². The van der Waals surface area contributed by atoms with Crippen molar-refractivity contribution < 1.29 is 9.47 Å². The second-order valence-electron chi connectivity index (χ2n) is 3.49. The zero-order valence-corrected chi connectivity index (χ0v) is 12.4. The fraction of sp³-hybridized carbons (Fsp3) is 0.500. The number of benzene rings is 1. The summed E-state index contributed by atoms with van der Waals surface area (Å²) in [6, 6.07) is 5.89. The van der Waals surface area contributed by atoms with Crippen molar-refractivity contribution in [3.05, 3.63) is 22.7 Å². The number of thioether (sulfide) groups is 1. The van der Waals surface area contributed by atoms with Crippen LogP contribution in [0.1, 0.15) is 6.42 Å². The van der Waals surface area contributed by atoms with Gasteiger partial charge in [0.05, 0.1) is 6.61 Å². The first-order valence-corrected chi connectivity index (χ1v) is 7.26. The summed E-state index contributed by atoms with van der Waals surface area (Å²) in [7, 11) is 1.70. The minimum Gasteiger partial charge on any atom is -0.398 e. The summed E-state index contributed by atoms with van der Waals surface area (Å²) in [6.07, 6.45) is 0.945. The van der Waals surface area contributed by atoms with Gasteiger partial charge in [0, 0.05) is 41.1 Å². The van der Waals surface area contributed by atoms with E-state index in [1.807, 2.05) is 18.2 Å². The Balaban J connectivity index is 2.15. The number of hydrogen-bond donors (Lipinski definition) is 1. The minimum absolute atomic E-state index is 0.736. The Kier molecular flexibility index (Phi) is 7.68. The normalized spacial score (nSPS) is 10.7. The number of methoxy groups -OCH3 is 1. The van der Waals surface area contributed by atoms with Gasteiger partial charge < -0.3 is 15.2 Å². The summed E-state index contributed by atoms with van der Waals surface area (Å²) in [5.41, 5.74) is 6.69. The molecule has 0 fully saturated rings. The standard InChI is InChI=1S/C12H18BrNO2S/c1-15-5-2-6-16-7-8-17-12-9-10(13)3-4-11(12)14/h3-4,9H,2,5-8,14H2,1H3. The van der Waals surface area contributed by atoms with Gasteiger partial charge in [-0.15, -0.1) is 11.8 Å². The predicted octanol–water partition coefficient (Wildman–Crippen LogP) is 3.18. The molecule has 0 saturated heterocycles. The second-order valence-corrected chi connectivity index (χ2v) is 5.54. The van der Waals surface area contributed by atoms with E-state index in [-0.39, 0.29) is 0 Å². The largest absolute Gasteiger partial charge is 0.398 e. The van der Waals surface area contributed by atoms with Crippen molar-refractivity contribution in [2.75, 3.05) is 38.4 Å². The fourth-order valence-corrected chi connectivity index (χ4v) is 2.63. The van der Waals surface area contributed by atoms with E-state index < -0.39 is 0 Å². The molecule has 0 heterocycles. The molecule has 0 bridgehead atoms. The third-order valence-electron chi connectivity index (χ3n) is 2.10. The van der Waals surface area contributed by atoms with Crippen molar-refractivity contribution in [3.63, 3.8) is 0 Å². The van der Waals surface area contributed by atoms with E-state index in [1.165, 1.54) is 0 Å². The molecule has 0 aromatic heterocycles. The summed E-state index contributed by atoms with van der Waals surface area (Å²) in [5.74, 6) is 0.910. The van der Waals surface area contributed by atoms with E-state index in [9.17, 15) is 0 Å². The number of nitrogen functional groups attached to an aromatic ring is 1. The lowest BCUT2D eigenvalue weighted by molar-refractivity contribution is 0.113. The van der Waals surface area contributed by atoms with Crippen LogP contribution in [0.25, 0.3) is 0 Å². The molecule has 0 unspecified atom stereocenters. The Morgan fingerprint density at radius 3 is 2.88 bits per heavy atom. The van der Waals surface area contributed by atoms with Crippen molar-refractivity contribution in [1.82, 2.24) is 0 Å². The van der Waals surface area contributed by atoms with Gasteiger partial charge in [0.1, 0.15) is 0 Å². The van der Waals surface area contributed by atoms with Crippen LogP contribution in [0.2, 0.25) is 0 Å². The quantitative estimate of drug-likeness (QED) is 0.454. The molecule has 0 saturated carbocycles. The van der Waals surface area contributed by atoms with Crippen LogP contribution in [0, 0.1) is 0 Å². The summed E-state index contributed by atoms with van der Waals surface area (Å²) in [6.45, 7) is 2.24. The van der Waals surface area contributed by atoms with Gasteiger partial charge in [0.25, 0.3) is 0 Å². The minimum atomic E-state index is 0.736. The van der Waals surface area contributed by atoms with Crippen LogP contribution in [0.5, 0.6) is 0 Å². The van der Waals surface area contributed by atoms with Gasteiger partial charge in [0.15, 0.2) is 0 Å². The lowest BCUT2D eigenvalue weighted by Crippen LogP contribution is -2.02. The monoisotopic (exact) mass is 319 g/mol. The third kappa shape index (κ3) is 6.31. The third-order valence-corrected chi connectivity index (χ3v) is 3.63. The van der Waals surface area contributed by atoms with E-state index in [4.69, 9.17) is 15.2 Å². The molecule has 0 aliphatic rings. The van der Waals surface area contributed by atoms with Crippen molar-refractivity contribution in [2.24, 2.45) is 0 Å². The fourth-order valence-electron chi connectivity index (χ4n) is 1.25. The lowest BCUT2D eigenvalue weighted by Gasteiger charge is -2.06. The molecule has 2 N–H and O–H groups in total. The molecule has 0 amide bonds. The molecule has 3 nitrogen and oxygen atoms in total. The van der Waals surface area contributed by atoms with Crippen molar-refractivity contribution in [2.45, 2.75) is 11.3 Å². The first kappa shape index (κ1) is 14.8. The van der Waals surface area contributed by atoms with Crippen LogP contribution in [0.4, 0.5) is 5.69 Å². The van der Waals surface area contributed by atoms with E-state index in [2.05, 4.69) is 15.9 Å². The molecule has 0 aliphatic carbocycles. The molecule has 0 spiro atoms. The molecule has 96 valence electrons. The van der Waals surface area contributed by atoms with E-state index >= 15 is 0 Å². The lowest BCUT2D eigenvalue weighted by atomic mass is 10.3. The predicted molar refractivity (Wildman–Crippen MR) is 76.6 cm³/mol. The molecule has 1 rings (SSSR count). The van der Waals surface area contributed by atoms with Crippen LogP contribution >= 0.6 is 27.7 Å². The highest BCUT2D eigenvalue weighted by Crippen LogP contribution is 2.27. The Morgan fingerprint density at radius 1 is 1.29 bits per heavy atom. The van der Waals surface area contributed by atoms with Gasteiger partial charge in [-0.3, -0.25) is 0 Å². The summed E-state index contributed by atoms with van der Waals surface area (Å²) < 4.78 is 11.5. The number of rotatable bonds is 8. The van der Waals surface area contributed by atoms with Gasteiger partial charge in [-0.25, -0.2) is 0 Å². The summed E-state index contributed by atoms with van der Waals surface area (Å²) in [4.78, 5) is 1.10. The number of hydrogen-bond acceptors (Lipinski definition) is 4. The van der Waals surface area contributed by atoms with Crippen LogP contribution < -0.4 is 5.73 Å². The zero-order valence-electron chi connectivity index (χ0n) is 9.95. The van der Waals surface area contributed by atoms with Crippen LogP contribution in [-0.4, -0.2) is 32.7 Å². The van der Waals surface area contributed by atoms with Crippen LogP contribution in [-0.2, 0) is 9.47 Å². The van der Waals surface area contributed by atoms with Crippen molar-refractivity contribution >= 4 is 33.4 Å². The Morgan fingerprint density at radius 2 is 2.12 bits per heavy atom. The van der Waals surface area contributed by atoms with Crippen molar-refractivity contribution in [1.29, 1.82) is 0 Å². The Labute approximate surface area is 115 Å². The van der Waals surface area contributed by atoms with Gasteiger partial charge in [-0.1, -0.05) is 15.9 Å². The molecular formula is C12H18BrNO2S. The van der Waals surface area contributed by atoms with E-state index in [0.29, 0.717) is 0 Å². The van der Waals surface area contributed by atoms with Gasteiger partial charge in [0.2, 0.25) is 0 Å². The topological polar surface area (TPSA) is 44.5 Å². The highest BCUT2D eigenvalue weighted by Gasteiger charge is 2.00. The maximum atomic E-state index is 5.87. The molecule has 17 heavy (non-hydrogen) atoms. The molecular weight excluding hydrogens is 302 g/mol. The van der Waals surface area contributed by atoms with Gasteiger partial charge in [-0.2, -0.15) is 0 Å². The maximum absolute atomic E-state index is 5.87. The molecule has 1 aromatic rings. The average Bonchev–Trinajstić information content (AvgIpc) is 2.32. The Hall–Kier alpha value is -0.230. The Bertz CT molecular complexity index is 336. The highest BCUT2D eigenvalue weighted by atomic mass is 79.9. The number of halogens is 1. The molecule has 0 aliphatic heterocycles. The number of anilines is 1. The first-order chi connectivity index (χ1) is 8.24. The second kappa shape index (κ2) is 8.80. The molecule has 0 radical (unpaired) electrons. The van der Waals surface area contributed by atoms with Gasteiger partial charge >= 0.3 is 0 Å². The zero-order chi connectivity index (χ0) is 12.5. The average molecular weight is 320 g/mol. The van der Waals surface area contributed by atoms with E-state index in [1.54, 1.807) is 18.9 Å². The van der Waals surface area contributed by atoms with Crippen LogP contribution in [0.3, 0.4) is 0 Å². The number of ether oxygens (including phenoxy) is 2. The number of nitrogens with two attached hydrogens (primary N) is 1. The molecule has 5 heteroatoms. The maximum Gasteiger partial charge on any atom is 0.0560 e. The SMILES string of the molecule is COCCCOCCSc1cc(Br)ccc1N. The molecule has 0 atom stereocenters. The highest BCUT2D eigenvalue weighted by molar-refractivity contribution is 9.10. The van der Waals surface area contributed by atoms with Crippen LogP contribution in [0.15, 0.2) is 27.6 Å². The summed E-state index contributed by atoms with van der Waals surface area (Å²) >= 11 is 5.15. The summed E-state index contributed by atoms with van der Waals surface area (Å²) in [5, 5.41) is 0. The molecule has 1 aromatic carbocycles. The van der Waals surface area contributed by atoms with E-state index in [0.717, 1.165) is 47.0 Å². The first-order valence-electron chi connectivity index (χ1n) is 5.48. The van der Waals surface area contributed by atoms with Gasteiger partial charge in [-0.05, 0) is 24.6 Å². The smallest absolute Gasteiger partial charge is 0.0560 e.